The quantitative estimate of drug-likeness (QED) is 0.133. The number of anilines is 2. The summed E-state index contributed by atoms with van der Waals surface area (Å²) in [6, 6.07) is 7.90. The lowest BCUT2D eigenvalue weighted by molar-refractivity contribution is -0.131. The zero-order valence-corrected chi connectivity index (χ0v) is 40.2. The number of nitriles is 1. The Morgan fingerprint density at radius 1 is 0.818 bits per heavy atom. The van der Waals surface area contributed by atoms with Crippen LogP contribution in [-0.4, -0.2) is 116 Å². The molecule has 16 heteroatoms. The molecule has 3 aromatic heterocycles. The Kier molecular flexibility index (Phi) is 18.8. The summed E-state index contributed by atoms with van der Waals surface area (Å²) in [6.07, 6.45) is 12.9. The number of pyridine rings is 3. The Bertz CT molecular complexity index is 2170. The van der Waals surface area contributed by atoms with Gasteiger partial charge in [0.25, 0.3) is 0 Å². The number of nitrogens with one attached hydrogen (secondary N) is 1. The first-order chi connectivity index (χ1) is 31.9. The summed E-state index contributed by atoms with van der Waals surface area (Å²) >= 11 is 0. The van der Waals surface area contributed by atoms with Gasteiger partial charge < -0.3 is 33.5 Å². The van der Waals surface area contributed by atoms with E-state index in [1.54, 1.807) is 51.0 Å². The van der Waals surface area contributed by atoms with Gasteiger partial charge in [-0.3, -0.25) is 24.8 Å². The number of carbonyl (C=O) groups is 3. The lowest BCUT2D eigenvalue weighted by Gasteiger charge is -2.31. The minimum atomic E-state index is -0.342. The van der Waals surface area contributed by atoms with Crippen molar-refractivity contribution in [1.82, 2.24) is 24.8 Å². The first kappa shape index (κ1) is 50.4. The molecular weight excluding hydrogens is 841 g/mol. The van der Waals surface area contributed by atoms with Crippen LogP contribution in [0.2, 0.25) is 0 Å². The first-order valence-electron chi connectivity index (χ1n) is 23.7. The molecule has 0 radical (unpaired) electrons. The number of carbonyl (C=O) groups excluding carboxylic acids is 3. The smallest absolute Gasteiger partial charge is 0.328 e. The molecule has 0 saturated carbocycles. The normalized spacial score (nSPS) is 18.5. The number of aryl methyl sites for hydroxylation is 4. The number of methoxy groups -OCH3 is 3. The van der Waals surface area contributed by atoms with E-state index in [1.807, 2.05) is 18.7 Å². The molecule has 4 aliphatic rings. The van der Waals surface area contributed by atoms with Crippen LogP contribution in [0.1, 0.15) is 142 Å². The van der Waals surface area contributed by atoms with Crippen molar-refractivity contribution in [2.45, 2.75) is 142 Å². The van der Waals surface area contributed by atoms with Crippen LogP contribution < -0.4 is 10.2 Å². The monoisotopic (exact) mass is 911 g/mol. The van der Waals surface area contributed by atoms with Crippen molar-refractivity contribution in [2.24, 2.45) is 0 Å². The highest BCUT2D eigenvalue weighted by molar-refractivity contribution is 6.01. The second kappa shape index (κ2) is 24.6. The Labute approximate surface area is 390 Å². The highest BCUT2D eigenvalue weighted by Gasteiger charge is 2.30. The summed E-state index contributed by atoms with van der Waals surface area (Å²) in [7, 11) is 4.97. The van der Waals surface area contributed by atoms with E-state index >= 15 is 0 Å². The van der Waals surface area contributed by atoms with Crippen LogP contribution in [-0.2, 0) is 72.0 Å². The summed E-state index contributed by atoms with van der Waals surface area (Å²) < 4.78 is 27.9. The number of hydrogen-bond donors (Lipinski definition) is 1. The fraction of sp³-hybridized carbons (Fsp3) is 0.620. The van der Waals surface area contributed by atoms with Crippen molar-refractivity contribution in [3.63, 3.8) is 0 Å². The van der Waals surface area contributed by atoms with Crippen molar-refractivity contribution in [2.75, 3.05) is 71.0 Å². The van der Waals surface area contributed by atoms with Gasteiger partial charge >= 0.3 is 6.03 Å². The fourth-order valence-corrected chi connectivity index (χ4v) is 9.18. The van der Waals surface area contributed by atoms with E-state index in [9.17, 15) is 19.6 Å². The molecule has 2 saturated heterocycles. The lowest BCUT2D eigenvalue weighted by atomic mass is 9.93. The molecule has 6 heterocycles. The number of hydrogen-bond acceptors (Lipinski definition) is 12. The third-order valence-corrected chi connectivity index (χ3v) is 13.1. The van der Waals surface area contributed by atoms with Crippen molar-refractivity contribution in [3.05, 3.63) is 74.9 Å². The summed E-state index contributed by atoms with van der Waals surface area (Å²) in [5.74, 6) is 1.02. The molecule has 2 fully saturated rings. The Morgan fingerprint density at radius 2 is 1.41 bits per heavy atom. The Morgan fingerprint density at radius 3 is 1.97 bits per heavy atom. The summed E-state index contributed by atoms with van der Waals surface area (Å²) in [6.45, 7) is 11.9. The van der Waals surface area contributed by atoms with Crippen LogP contribution in [0.15, 0.2) is 24.4 Å². The molecule has 0 bridgehead atoms. The number of amides is 4. The van der Waals surface area contributed by atoms with Gasteiger partial charge in [-0.1, -0.05) is 6.07 Å². The van der Waals surface area contributed by atoms with E-state index in [0.717, 1.165) is 98.9 Å². The van der Waals surface area contributed by atoms with Crippen molar-refractivity contribution in [3.8, 4) is 6.07 Å². The van der Waals surface area contributed by atoms with Crippen molar-refractivity contribution < 1.29 is 38.1 Å². The number of urea groups is 1. The maximum Gasteiger partial charge on any atom is 0.328 e. The van der Waals surface area contributed by atoms with Gasteiger partial charge in [0.05, 0.1) is 41.4 Å². The number of aromatic nitrogens is 3. The maximum atomic E-state index is 13.5. The fourth-order valence-electron chi connectivity index (χ4n) is 9.18. The van der Waals surface area contributed by atoms with Gasteiger partial charge in [-0.15, -0.1) is 0 Å². The minimum Gasteiger partial charge on any atom is -0.385 e. The van der Waals surface area contributed by atoms with E-state index in [4.69, 9.17) is 33.7 Å². The zero-order valence-electron chi connectivity index (χ0n) is 40.2. The largest absolute Gasteiger partial charge is 0.385 e. The molecule has 0 aromatic carbocycles. The SMILES string of the molecule is COC(C)c1nc2c(cc1CN(C[C@H]1CCCO1)C(C)=O)CCCC2.COCCCc1cc(NC(=O)N2CCCc3cc(CN(C[C@H]4CCCO4)C(C)=O)c(C(C)OC)nc32)ncc1C#N. The molecule has 4 atom stereocenters. The highest BCUT2D eigenvalue weighted by atomic mass is 16.5. The topological polar surface area (TPSA) is 182 Å². The second-order valence-corrected chi connectivity index (χ2v) is 17.8. The number of ether oxygens (including phenoxy) is 5. The minimum absolute atomic E-state index is 0.0215. The average Bonchev–Trinajstić information content (AvgIpc) is 4.05. The van der Waals surface area contributed by atoms with Gasteiger partial charge in [-0.25, -0.2) is 14.8 Å². The first-order valence-corrected chi connectivity index (χ1v) is 23.7. The average molecular weight is 911 g/mol. The van der Waals surface area contributed by atoms with E-state index in [0.29, 0.717) is 68.6 Å². The van der Waals surface area contributed by atoms with Crippen molar-refractivity contribution >= 4 is 29.5 Å². The molecule has 66 heavy (non-hydrogen) atoms. The van der Waals surface area contributed by atoms with E-state index in [2.05, 4.69) is 28.5 Å². The van der Waals surface area contributed by atoms with E-state index in [1.165, 1.54) is 30.3 Å². The number of rotatable bonds is 17. The molecule has 7 rings (SSSR count). The van der Waals surface area contributed by atoms with Crippen LogP contribution in [0.25, 0.3) is 0 Å². The predicted octanol–water partition coefficient (Wildman–Crippen LogP) is 7.34. The molecule has 1 N–H and O–H groups in total. The lowest BCUT2D eigenvalue weighted by Crippen LogP contribution is -2.40. The Balaban J connectivity index is 0.000000245. The van der Waals surface area contributed by atoms with Crippen molar-refractivity contribution in [1.29, 1.82) is 5.26 Å². The molecule has 3 aliphatic heterocycles. The van der Waals surface area contributed by atoms with Gasteiger partial charge in [0.1, 0.15) is 17.7 Å². The van der Waals surface area contributed by atoms with Gasteiger partial charge in [-0.05, 0) is 131 Å². The molecule has 1 aliphatic carbocycles. The van der Waals surface area contributed by atoms with Gasteiger partial charge in [0.2, 0.25) is 11.8 Å². The van der Waals surface area contributed by atoms with Crippen LogP contribution in [0.3, 0.4) is 0 Å². The predicted molar refractivity (Wildman–Crippen MR) is 250 cm³/mol. The van der Waals surface area contributed by atoms with Gasteiger partial charge in [0, 0.05) is 99.6 Å². The van der Waals surface area contributed by atoms with Crippen LogP contribution in [0.4, 0.5) is 16.4 Å². The van der Waals surface area contributed by atoms with Crippen LogP contribution in [0.5, 0.6) is 0 Å². The molecule has 3 aromatic rings. The van der Waals surface area contributed by atoms with E-state index < -0.39 is 0 Å². The van der Waals surface area contributed by atoms with Gasteiger partial charge in [-0.2, -0.15) is 5.26 Å². The van der Waals surface area contributed by atoms with E-state index in [-0.39, 0.29) is 42.3 Å². The maximum absolute atomic E-state index is 13.5. The zero-order chi connectivity index (χ0) is 47.2. The summed E-state index contributed by atoms with van der Waals surface area (Å²) in [4.78, 5) is 57.8. The second-order valence-electron chi connectivity index (χ2n) is 17.8. The number of nitrogens with zero attached hydrogens (tertiary/aromatic N) is 7. The molecule has 0 spiro atoms. The van der Waals surface area contributed by atoms with Gasteiger partial charge in [0.15, 0.2) is 0 Å². The molecule has 16 nitrogen and oxygen atoms in total. The molecule has 4 amide bonds. The molecule has 2 unspecified atom stereocenters. The third-order valence-electron chi connectivity index (χ3n) is 13.1. The summed E-state index contributed by atoms with van der Waals surface area (Å²) in [5, 5.41) is 12.4. The highest BCUT2D eigenvalue weighted by Crippen LogP contribution is 2.33. The molecule has 358 valence electrons. The van der Waals surface area contributed by atoms with Crippen LogP contribution in [0, 0.1) is 11.3 Å². The van der Waals surface area contributed by atoms with Crippen LogP contribution >= 0.6 is 0 Å². The standard InChI is InChI=1S/C30H40N6O5.C20H30N2O3/c1-20(40-4)28-24(18-35(21(2)37)19-26-10-7-13-41-26)14-23-8-5-11-36(29(23)34-28)30(38)33-27-15-22(9-6-12-39-3)25(16-31)17-32-27;1-14(24-3)20-17(11-16-7-4-5-9-19(16)21-20)12-22(15(2)23)13-18-8-6-10-25-18/h14-15,17,20,26H,5-13,18-19H2,1-4H3,(H,32,33,38);11,14,18H,4-10,12-13H2,1-3H3/t20?,26-;14?,18-/m11/s1. The summed E-state index contributed by atoms with van der Waals surface area (Å²) in [5.41, 5.74) is 8.48. The molecular formula is C50H70N8O8. The Hall–Kier alpha value is -5.05. The third kappa shape index (κ3) is 13.3. The number of fused-ring (bicyclic) bond motifs is 2.